The van der Waals surface area contributed by atoms with Crippen molar-refractivity contribution in [1.82, 2.24) is 20.1 Å². The number of hydrogen-bond donors (Lipinski definition) is 1. The zero-order valence-electron chi connectivity index (χ0n) is 14.1. The smallest absolute Gasteiger partial charge is 0.245 e. The SMILES string of the molecule is CC(C)C(NC(=O)C(C)n1cncn1)c1ccc2c(c1)OCCO2. The van der Waals surface area contributed by atoms with E-state index in [0.29, 0.717) is 13.2 Å². The van der Waals surface area contributed by atoms with Gasteiger partial charge in [0.1, 0.15) is 31.9 Å². The molecule has 1 amide bonds. The molecule has 2 aromatic rings. The Labute approximate surface area is 141 Å². The van der Waals surface area contributed by atoms with Crippen molar-refractivity contribution in [2.75, 3.05) is 13.2 Å². The lowest BCUT2D eigenvalue weighted by Crippen LogP contribution is -2.36. The summed E-state index contributed by atoms with van der Waals surface area (Å²) in [6.07, 6.45) is 2.96. The number of nitrogens with one attached hydrogen (secondary N) is 1. The summed E-state index contributed by atoms with van der Waals surface area (Å²) < 4.78 is 12.7. The van der Waals surface area contributed by atoms with Gasteiger partial charge in [-0.3, -0.25) is 4.79 Å². The fourth-order valence-corrected chi connectivity index (χ4v) is 2.70. The Bertz CT molecular complexity index is 700. The summed E-state index contributed by atoms with van der Waals surface area (Å²) in [5.41, 5.74) is 0.994. The number of fused-ring (bicyclic) bond motifs is 1. The maximum absolute atomic E-state index is 12.6. The Morgan fingerprint density at radius 3 is 2.62 bits per heavy atom. The lowest BCUT2D eigenvalue weighted by molar-refractivity contribution is -0.125. The van der Waals surface area contributed by atoms with Gasteiger partial charge >= 0.3 is 0 Å². The average molecular weight is 330 g/mol. The first kappa shape index (κ1) is 16.3. The van der Waals surface area contributed by atoms with E-state index in [4.69, 9.17) is 9.47 Å². The summed E-state index contributed by atoms with van der Waals surface area (Å²) in [4.78, 5) is 16.5. The zero-order valence-corrected chi connectivity index (χ0v) is 14.1. The van der Waals surface area contributed by atoms with Crippen LogP contribution in [0.25, 0.3) is 0 Å². The van der Waals surface area contributed by atoms with Gasteiger partial charge in [-0.25, -0.2) is 9.67 Å². The normalized spacial score (nSPS) is 15.8. The Hall–Kier alpha value is -2.57. The van der Waals surface area contributed by atoms with E-state index in [1.54, 1.807) is 13.3 Å². The predicted octanol–water partition coefficient (Wildman–Crippen LogP) is 2.12. The average Bonchev–Trinajstić information content (AvgIpc) is 3.12. The van der Waals surface area contributed by atoms with Crippen molar-refractivity contribution in [3.8, 4) is 11.5 Å². The molecule has 1 aliphatic heterocycles. The van der Waals surface area contributed by atoms with Crippen LogP contribution in [-0.4, -0.2) is 33.9 Å². The van der Waals surface area contributed by atoms with Crippen LogP contribution in [0.1, 0.15) is 38.4 Å². The summed E-state index contributed by atoms with van der Waals surface area (Å²) in [5, 5.41) is 7.13. The summed E-state index contributed by atoms with van der Waals surface area (Å²) in [7, 11) is 0. The molecule has 1 aromatic carbocycles. The highest BCUT2D eigenvalue weighted by molar-refractivity contribution is 5.80. The van der Waals surface area contributed by atoms with Crippen molar-refractivity contribution >= 4 is 5.91 Å². The number of aromatic nitrogens is 3. The van der Waals surface area contributed by atoms with Crippen molar-refractivity contribution in [1.29, 1.82) is 0 Å². The second kappa shape index (κ2) is 6.90. The Morgan fingerprint density at radius 1 is 1.21 bits per heavy atom. The van der Waals surface area contributed by atoms with Gasteiger partial charge in [-0.05, 0) is 30.5 Å². The summed E-state index contributed by atoms with van der Waals surface area (Å²) >= 11 is 0. The molecule has 1 N–H and O–H groups in total. The molecule has 7 heteroatoms. The van der Waals surface area contributed by atoms with E-state index in [-0.39, 0.29) is 17.9 Å². The number of amides is 1. The van der Waals surface area contributed by atoms with Crippen molar-refractivity contribution in [3.05, 3.63) is 36.4 Å². The van der Waals surface area contributed by atoms with Gasteiger partial charge in [0.25, 0.3) is 0 Å². The number of carbonyl (C=O) groups excluding carboxylic acids is 1. The minimum absolute atomic E-state index is 0.103. The molecule has 0 saturated heterocycles. The molecule has 24 heavy (non-hydrogen) atoms. The van der Waals surface area contributed by atoms with Gasteiger partial charge in [-0.1, -0.05) is 19.9 Å². The van der Waals surface area contributed by atoms with E-state index in [0.717, 1.165) is 17.1 Å². The van der Waals surface area contributed by atoms with E-state index in [9.17, 15) is 4.79 Å². The molecule has 0 spiro atoms. The molecule has 2 atom stereocenters. The largest absolute Gasteiger partial charge is 0.486 e. The lowest BCUT2D eigenvalue weighted by Gasteiger charge is -2.26. The second-order valence-electron chi connectivity index (χ2n) is 6.18. The first-order valence-electron chi connectivity index (χ1n) is 8.10. The summed E-state index contributed by atoms with van der Waals surface area (Å²) in [6.45, 7) is 7.04. The number of nitrogens with zero attached hydrogens (tertiary/aromatic N) is 3. The van der Waals surface area contributed by atoms with E-state index in [2.05, 4.69) is 29.2 Å². The van der Waals surface area contributed by atoms with Gasteiger partial charge in [0.05, 0.1) is 6.04 Å². The third-order valence-electron chi connectivity index (χ3n) is 4.10. The van der Waals surface area contributed by atoms with Crippen LogP contribution in [0.2, 0.25) is 0 Å². The van der Waals surface area contributed by atoms with Gasteiger partial charge < -0.3 is 14.8 Å². The van der Waals surface area contributed by atoms with Gasteiger partial charge in [-0.2, -0.15) is 5.10 Å². The quantitative estimate of drug-likeness (QED) is 0.908. The maximum atomic E-state index is 12.6. The van der Waals surface area contributed by atoms with Crippen molar-refractivity contribution in [2.24, 2.45) is 5.92 Å². The molecule has 128 valence electrons. The molecule has 1 aromatic heterocycles. The van der Waals surface area contributed by atoms with Crippen LogP contribution in [0.3, 0.4) is 0 Å². The molecule has 7 nitrogen and oxygen atoms in total. The zero-order chi connectivity index (χ0) is 17.1. The fraction of sp³-hybridized carbons (Fsp3) is 0.471. The summed E-state index contributed by atoms with van der Waals surface area (Å²) in [5.74, 6) is 1.59. The van der Waals surface area contributed by atoms with Crippen LogP contribution >= 0.6 is 0 Å². The van der Waals surface area contributed by atoms with Crippen molar-refractivity contribution in [3.63, 3.8) is 0 Å². The molecule has 3 rings (SSSR count). The van der Waals surface area contributed by atoms with Gasteiger partial charge in [0.2, 0.25) is 5.91 Å². The number of benzene rings is 1. The molecule has 0 radical (unpaired) electrons. The molecule has 0 fully saturated rings. The first-order valence-corrected chi connectivity index (χ1v) is 8.10. The Morgan fingerprint density at radius 2 is 1.96 bits per heavy atom. The molecule has 0 saturated carbocycles. The highest BCUT2D eigenvalue weighted by atomic mass is 16.6. The molecular weight excluding hydrogens is 308 g/mol. The number of rotatable bonds is 5. The topological polar surface area (TPSA) is 78.3 Å². The van der Waals surface area contributed by atoms with Crippen molar-refractivity contribution < 1.29 is 14.3 Å². The van der Waals surface area contributed by atoms with Gasteiger partial charge in [0.15, 0.2) is 11.5 Å². The standard InChI is InChI=1S/C17H22N4O3/c1-11(2)16(20-17(22)12(3)21-10-18-9-19-21)13-4-5-14-15(8-13)24-7-6-23-14/h4-5,8-12,16H,6-7H2,1-3H3,(H,20,22). The first-order chi connectivity index (χ1) is 11.6. The molecule has 0 bridgehead atoms. The van der Waals surface area contributed by atoms with Gasteiger partial charge in [0, 0.05) is 0 Å². The number of hydrogen-bond acceptors (Lipinski definition) is 5. The highest BCUT2D eigenvalue weighted by Gasteiger charge is 2.24. The van der Waals surface area contributed by atoms with Crippen molar-refractivity contribution in [2.45, 2.75) is 32.9 Å². The van der Waals surface area contributed by atoms with E-state index >= 15 is 0 Å². The minimum Gasteiger partial charge on any atom is -0.486 e. The Kier molecular flexibility index (Phi) is 4.69. The van der Waals surface area contributed by atoms with Crippen LogP contribution in [0.5, 0.6) is 11.5 Å². The third-order valence-corrected chi connectivity index (χ3v) is 4.10. The lowest BCUT2D eigenvalue weighted by atomic mass is 9.95. The van der Waals surface area contributed by atoms with E-state index < -0.39 is 6.04 Å². The van der Waals surface area contributed by atoms with E-state index in [1.165, 1.54) is 11.0 Å². The highest BCUT2D eigenvalue weighted by Crippen LogP contribution is 2.34. The maximum Gasteiger partial charge on any atom is 0.245 e. The minimum atomic E-state index is -0.425. The summed E-state index contributed by atoms with van der Waals surface area (Å²) in [6, 6.07) is 5.26. The molecule has 1 aliphatic rings. The molecular formula is C17H22N4O3. The van der Waals surface area contributed by atoms with Crippen LogP contribution in [0.15, 0.2) is 30.9 Å². The van der Waals surface area contributed by atoms with E-state index in [1.807, 2.05) is 18.2 Å². The molecule has 0 aliphatic carbocycles. The number of ether oxygens (including phenoxy) is 2. The van der Waals surface area contributed by atoms with Crippen LogP contribution in [-0.2, 0) is 4.79 Å². The number of carbonyl (C=O) groups is 1. The van der Waals surface area contributed by atoms with Crippen LogP contribution in [0, 0.1) is 5.92 Å². The van der Waals surface area contributed by atoms with Crippen LogP contribution < -0.4 is 14.8 Å². The Balaban J connectivity index is 1.78. The predicted molar refractivity (Wildman–Crippen MR) is 87.9 cm³/mol. The molecule has 2 unspecified atom stereocenters. The fourth-order valence-electron chi connectivity index (χ4n) is 2.70. The molecule has 2 heterocycles. The monoisotopic (exact) mass is 330 g/mol. The van der Waals surface area contributed by atoms with Gasteiger partial charge in [-0.15, -0.1) is 0 Å². The second-order valence-corrected chi connectivity index (χ2v) is 6.18. The van der Waals surface area contributed by atoms with Crippen LogP contribution in [0.4, 0.5) is 0 Å². The third kappa shape index (κ3) is 3.34.